The van der Waals surface area contributed by atoms with Crippen LogP contribution in [-0.4, -0.2) is 42.6 Å². The van der Waals surface area contributed by atoms with Gasteiger partial charge < -0.3 is 15.4 Å². The van der Waals surface area contributed by atoms with E-state index in [0.29, 0.717) is 13.2 Å². The van der Waals surface area contributed by atoms with Crippen molar-refractivity contribution in [3.8, 4) is 0 Å². The molecule has 1 heterocycles. The average molecular weight is 256 g/mol. The van der Waals surface area contributed by atoms with Crippen LogP contribution in [0.15, 0.2) is 0 Å². The Morgan fingerprint density at radius 1 is 1.44 bits per heavy atom. The van der Waals surface area contributed by atoms with E-state index in [9.17, 15) is 4.79 Å². The van der Waals surface area contributed by atoms with E-state index >= 15 is 0 Å². The molecule has 0 bridgehead atoms. The number of ether oxygens (including phenoxy) is 1. The minimum absolute atomic E-state index is 0.107. The second kappa shape index (κ2) is 7.74. The minimum Gasteiger partial charge on any atom is -0.377 e. The van der Waals surface area contributed by atoms with Crippen molar-refractivity contribution in [2.24, 2.45) is 11.7 Å². The smallest absolute Gasteiger partial charge is 0.225 e. The van der Waals surface area contributed by atoms with E-state index in [4.69, 9.17) is 10.5 Å². The van der Waals surface area contributed by atoms with Gasteiger partial charge >= 0.3 is 0 Å². The van der Waals surface area contributed by atoms with Crippen molar-refractivity contribution in [2.75, 3.05) is 19.8 Å². The summed E-state index contributed by atoms with van der Waals surface area (Å²) < 4.78 is 5.44. The van der Waals surface area contributed by atoms with Gasteiger partial charge in [-0.05, 0) is 26.2 Å². The zero-order valence-electron chi connectivity index (χ0n) is 12.0. The highest BCUT2D eigenvalue weighted by Crippen LogP contribution is 2.17. The maximum Gasteiger partial charge on any atom is 0.225 e. The monoisotopic (exact) mass is 256 g/mol. The molecule has 0 saturated carbocycles. The fourth-order valence-corrected chi connectivity index (χ4v) is 2.44. The lowest BCUT2D eigenvalue weighted by atomic mass is 9.99. The largest absolute Gasteiger partial charge is 0.377 e. The SMILES string of the molecule is CCC1COCCN1C(=O)C(C)CCCC(C)N. The van der Waals surface area contributed by atoms with E-state index in [0.717, 1.165) is 32.2 Å². The first kappa shape index (κ1) is 15.4. The van der Waals surface area contributed by atoms with E-state index in [2.05, 4.69) is 6.92 Å². The zero-order valence-corrected chi connectivity index (χ0v) is 12.0. The summed E-state index contributed by atoms with van der Waals surface area (Å²) in [5, 5.41) is 0. The molecule has 0 aromatic rings. The van der Waals surface area contributed by atoms with Crippen LogP contribution in [0.3, 0.4) is 0 Å². The number of rotatable bonds is 6. The van der Waals surface area contributed by atoms with Gasteiger partial charge in [-0.25, -0.2) is 0 Å². The predicted octanol–water partition coefficient (Wildman–Crippen LogP) is 1.78. The van der Waals surface area contributed by atoms with Gasteiger partial charge in [-0.3, -0.25) is 4.79 Å². The molecule has 18 heavy (non-hydrogen) atoms. The third-order valence-electron chi connectivity index (χ3n) is 3.70. The van der Waals surface area contributed by atoms with E-state index in [1.165, 1.54) is 0 Å². The van der Waals surface area contributed by atoms with E-state index in [1.54, 1.807) is 0 Å². The van der Waals surface area contributed by atoms with Crippen LogP contribution < -0.4 is 5.73 Å². The summed E-state index contributed by atoms with van der Waals surface area (Å²) in [4.78, 5) is 14.4. The van der Waals surface area contributed by atoms with Gasteiger partial charge in [0, 0.05) is 18.5 Å². The highest BCUT2D eigenvalue weighted by atomic mass is 16.5. The van der Waals surface area contributed by atoms with Crippen molar-refractivity contribution >= 4 is 5.91 Å². The molecule has 0 aliphatic carbocycles. The maximum absolute atomic E-state index is 12.4. The first-order valence-corrected chi connectivity index (χ1v) is 7.20. The number of amides is 1. The first-order valence-electron chi connectivity index (χ1n) is 7.20. The number of morpholine rings is 1. The van der Waals surface area contributed by atoms with E-state index in [1.807, 2.05) is 18.7 Å². The predicted molar refractivity (Wildman–Crippen MR) is 73.3 cm³/mol. The number of nitrogens with two attached hydrogens (primary N) is 1. The third-order valence-corrected chi connectivity index (χ3v) is 3.70. The number of hydrogen-bond donors (Lipinski definition) is 1. The van der Waals surface area contributed by atoms with Gasteiger partial charge in [0.15, 0.2) is 0 Å². The molecule has 106 valence electrons. The summed E-state index contributed by atoms with van der Waals surface area (Å²) in [5.74, 6) is 0.394. The summed E-state index contributed by atoms with van der Waals surface area (Å²) in [6, 6.07) is 0.501. The summed E-state index contributed by atoms with van der Waals surface area (Å²) in [5.41, 5.74) is 5.73. The third kappa shape index (κ3) is 4.58. The lowest BCUT2D eigenvalue weighted by Crippen LogP contribution is -2.50. The standard InChI is InChI=1S/C14H28N2O2/c1-4-13-10-18-9-8-16(13)14(17)11(2)6-5-7-12(3)15/h11-13H,4-10,15H2,1-3H3. The summed E-state index contributed by atoms with van der Waals surface area (Å²) in [7, 11) is 0. The molecule has 0 aromatic carbocycles. The Morgan fingerprint density at radius 2 is 2.17 bits per heavy atom. The van der Waals surface area contributed by atoms with Crippen molar-refractivity contribution < 1.29 is 9.53 Å². The van der Waals surface area contributed by atoms with Gasteiger partial charge in [0.1, 0.15) is 0 Å². The van der Waals surface area contributed by atoms with Crippen LogP contribution in [0.5, 0.6) is 0 Å². The fraction of sp³-hybridized carbons (Fsp3) is 0.929. The van der Waals surface area contributed by atoms with Crippen LogP contribution in [-0.2, 0) is 9.53 Å². The molecule has 1 amide bonds. The van der Waals surface area contributed by atoms with Crippen LogP contribution in [0, 0.1) is 5.92 Å². The quantitative estimate of drug-likeness (QED) is 0.788. The second-order valence-electron chi connectivity index (χ2n) is 5.48. The van der Waals surface area contributed by atoms with Crippen molar-refractivity contribution in [1.82, 2.24) is 4.90 Å². The molecule has 4 heteroatoms. The van der Waals surface area contributed by atoms with Gasteiger partial charge in [0.2, 0.25) is 5.91 Å². The molecule has 0 radical (unpaired) electrons. The van der Waals surface area contributed by atoms with Crippen molar-refractivity contribution in [1.29, 1.82) is 0 Å². The molecule has 1 rings (SSSR count). The lowest BCUT2D eigenvalue weighted by molar-refractivity contribution is -0.144. The van der Waals surface area contributed by atoms with Gasteiger partial charge in [-0.2, -0.15) is 0 Å². The Balaban J connectivity index is 2.41. The van der Waals surface area contributed by atoms with Crippen LogP contribution in [0.1, 0.15) is 46.5 Å². The normalized spacial score (nSPS) is 23.8. The molecule has 2 N–H and O–H groups in total. The Morgan fingerprint density at radius 3 is 2.78 bits per heavy atom. The number of hydrogen-bond acceptors (Lipinski definition) is 3. The minimum atomic E-state index is 0.107. The average Bonchev–Trinajstić information content (AvgIpc) is 2.37. The highest BCUT2D eigenvalue weighted by Gasteiger charge is 2.28. The van der Waals surface area contributed by atoms with Crippen LogP contribution in [0.25, 0.3) is 0 Å². The topological polar surface area (TPSA) is 55.6 Å². The van der Waals surface area contributed by atoms with Gasteiger partial charge in [0.05, 0.1) is 19.3 Å². The van der Waals surface area contributed by atoms with Crippen LogP contribution in [0.2, 0.25) is 0 Å². The van der Waals surface area contributed by atoms with Crippen molar-refractivity contribution in [3.05, 3.63) is 0 Å². The molecule has 0 aromatic heterocycles. The molecule has 1 aliphatic heterocycles. The molecular formula is C14H28N2O2. The maximum atomic E-state index is 12.4. The first-order chi connectivity index (χ1) is 8.56. The fourth-order valence-electron chi connectivity index (χ4n) is 2.44. The highest BCUT2D eigenvalue weighted by molar-refractivity contribution is 5.78. The van der Waals surface area contributed by atoms with Crippen molar-refractivity contribution in [2.45, 2.75) is 58.5 Å². The number of nitrogens with zero attached hydrogens (tertiary/aromatic N) is 1. The zero-order chi connectivity index (χ0) is 13.5. The van der Waals surface area contributed by atoms with Gasteiger partial charge in [0.25, 0.3) is 0 Å². The molecule has 0 spiro atoms. The Bertz CT molecular complexity index is 256. The Hall–Kier alpha value is -0.610. The van der Waals surface area contributed by atoms with E-state index < -0.39 is 0 Å². The Kier molecular flexibility index (Phi) is 6.65. The van der Waals surface area contributed by atoms with Crippen molar-refractivity contribution in [3.63, 3.8) is 0 Å². The Labute approximate surface area is 111 Å². The summed E-state index contributed by atoms with van der Waals surface area (Å²) in [6.45, 7) is 8.27. The molecular weight excluding hydrogens is 228 g/mol. The molecule has 1 fully saturated rings. The lowest BCUT2D eigenvalue weighted by Gasteiger charge is -2.36. The molecule has 1 aliphatic rings. The molecule has 1 saturated heterocycles. The summed E-state index contributed by atoms with van der Waals surface area (Å²) in [6.07, 6.45) is 3.94. The molecule has 3 atom stereocenters. The van der Waals surface area contributed by atoms with E-state index in [-0.39, 0.29) is 23.9 Å². The number of carbonyl (C=O) groups is 1. The van der Waals surface area contributed by atoms with Gasteiger partial charge in [-0.1, -0.05) is 20.3 Å². The van der Waals surface area contributed by atoms with Crippen LogP contribution in [0.4, 0.5) is 0 Å². The van der Waals surface area contributed by atoms with Crippen LogP contribution >= 0.6 is 0 Å². The molecule has 3 unspecified atom stereocenters. The summed E-state index contributed by atoms with van der Waals surface area (Å²) >= 11 is 0. The van der Waals surface area contributed by atoms with Gasteiger partial charge in [-0.15, -0.1) is 0 Å². The second-order valence-corrected chi connectivity index (χ2v) is 5.48. The number of carbonyl (C=O) groups excluding carboxylic acids is 1. The molecule has 4 nitrogen and oxygen atoms in total.